The van der Waals surface area contributed by atoms with Crippen LogP contribution in [0.2, 0.25) is 0 Å². The number of dihydropyridines is 1. The van der Waals surface area contributed by atoms with Crippen molar-refractivity contribution in [3.8, 4) is 11.8 Å². The number of allylic oxidation sites excluding steroid dienone is 2. The van der Waals surface area contributed by atoms with Crippen LogP contribution in [-0.2, 0) is 6.42 Å². The molecule has 3 aliphatic rings. The van der Waals surface area contributed by atoms with Crippen molar-refractivity contribution < 1.29 is 0 Å². The highest BCUT2D eigenvalue weighted by molar-refractivity contribution is 5.93. The Morgan fingerprint density at radius 1 is 1.15 bits per heavy atom. The molecule has 1 aromatic heterocycles. The van der Waals surface area contributed by atoms with E-state index in [0.29, 0.717) is 6.04 Å². The maximum atomic E-state index is 4.56. The molecule has 0 N–H and O–H groups in total. The molecule has 4 rings (SSSR count). The average molecular weight is 344 g/mol. The van der Waals surface area contributed by atoms with Crippen LogP contribution in [0.25, 0.3) is 6.08 Å². The van der Waals surface area contributed by atoms with Crippen molar-refractivity contribution in [1.82, 2.24) is 14.9 Å². The molecule has 0 bridgehead atoms. The monoisotopic (exact) mass is 344 g/mol. The molecule has 0 aromatic carbocycles. The molecule has 1 fully saturated rings. The third-order valence-corrected chi connectivity index (χ3v) is 5.20. The van der Waals surface area contributed by atoms with Crippen LogP contribution in [0.15, 0.2) is 47.3 Å². The Labute approximate surface area is 155 Å². The Bertz CT molecular complexity index is 840. The zero-order valence-electron chi connectivity index (χ0n) is 15.2. The van der Waals surface area contributed by atoms with E-state index in [1.165, 1.54) is 5.57 Å². The number of hydrogen-bond acceptors (Lipinski definition) is 4. The molecule has 132 valence electrons. The highest BCUT2D eigenvalue weighted by atomic mass is 15.2. The summed E-state index contributed by atoms with van der Waals surface area (Å²) in [5.74, 6) is 6.53. The fourth-order valence-electron chi connectivity index (χ4n) is 3.72. The number of hydrogen-bond donors (Lipinski definition) is 0. The van der Waals surface area contributed by atoms with Crippen molar-refractivity contribution in [3.63, 3.8) is 0 Å². The number of aliphatic imine (C=N–C) groups is 1. The number of rotatable bonds is 1. The molecule has 0 radical (unpaired) electrons. The third kappa shape index (κ3) is 4.00. The molecule has 4 heteroatoms. The zero-order chi connectivity index (χ0) is 17.8. The van der Waals surface area contributed by atoms with Gasteiger partial charge in [0.05, 0.1) is 11.4 Å². The van der Waals surface area contributed by atoms with Crippen molar-refractivity contribution in [2.75, 3.05) is 13.1 Å². The second-order valence-corrected chi connectivity index (χ2v) is 7.07. The average Bonchev–Trinajstić information content (AvgIpc) is 2.68. The Balaban J connectivity index is 1.32. The van der Waals surface area contributed by atoms with Crippen molar-refractivity contribution in [1.29, 1.82) is 0 Å². The summed E-state index contributed by atoms with van der Waals surface area (Å²) in [7, 11) is 0. The summed E-state index contributed by atoms with van der Waals surface area (Å²) in [6, 6.07) is 0.573. The van der Waals surface area contributed by atoms with Gasteiger partial charge in [-0.25, -0.2) is 0 Å². The summed E-state index contributed by atoms with van der Waals surface area (Å²) < 4.78 is 0. The molecule has 1 aromatic rings. The zero-order valence-corrected chi connectivity index (χ0v) is 15.2. The van der Waals surface area contributed by atoms with E-state index in [9.17, 15) is 0 Å². The van der Waals surface area contributed by atoms with E-state index in [-0.39, 0.29) is 6.04 Å². The van der Waals surface area contributed by atoms with Crippen molar-refractivity contribution in [3.05, 3.63) is 53.7 Å². The predicted octanol–water partition coefficient (Wildman–Crippen LogP) is 3.23. The first kappa shape index (κ1) is 16.9. The van der Waals surface area contributed by atoms with Crippen LogP contribution >= 0.6 is 0 Å². The number of likely N-dealkylation sites (tertiary alicyclic amines) is 1. The van der Waals surface area contributed by atoms with Crippen LogP contribution in [0.1, 0.15) is 37.6 Å². The molecule has 0 saturated carbocycles. The number of fused-ring (bicyclic) bond motifs is 1. The van der Waals surface area contributed by atoms with Crippen molar-refractivity contribution >= 4 is 11.8 Å². The van der Waals surface area contributed by atoms with Gasteiger partial charge in [-0.05, 0) is 44.4 Å². The second kappa shape index (κ2) is 7.80. The van der Waals surface area contributed by atoms with E-state index in [1.54, 1.807) is 12.4 Å². The van der Waals surface area contributed by atoms with E-state index in [2.05, 4.69) is 62.1 Å². The lowest BCUT2D eigenvalue weighted by molar-refractivity contribution is 0.211. The van der Waals surface area contributed by atoms with Gasteiger partial charge in [-0.1, -0.05) is 29.6 Å². The minimum Gasteiger partial charge on any atom is -0.296 e. The first-order chi connectivity index (χ1) is 12.8. The summed E-state index contributed by atoms with van der Waals surface area (Å²) in [5.41, 5.74) is 4.67. The maximum absolute atomic E-state index is 4.56. The van der Waals surface area contributed by atoms with E-state index in [4.69, 9.17) is 0 Å². The molecule has 2 atom stereocenters. The Morgan fingerprint density at radius 2 is 2.00 bits per heavy atom. The van der Waals surface area contributed by atoms with Gasteiger partial charge in [0.1, 0.15) is 6.04 Å². The van der Waals surface area contributed by atoms with Gasteiger partial charge >= 0.3 is 0 Å². The summed E-state index contributed by atoms with van der Waals surface area (Å²) >= 11 is 0. The van der Waals surface area contributed by atoms with Crippen LogP contribution in [-0.4, -0.2) is 45.8 Å². The minimum absolute atomic E-state index is 0.130. The molecule has 1 aliphatic carbocycles. The molecular formula is C22H24N4. The van der Waals surface area contributed by atoms with Crippen LogP contribution in [0, 0.1) is 11.8 Å². The van der Waals surface area contributed by atoms with Crippen molar-refractivity contribution in [2.45, 2.75) is 44.7 Å². The summed E-state index contributed by atoms with van der Waals surface area (Å²) in [5, 5.41) is 0. The van der Waals surface area contributed by atoms with Crippen LogP contribution in [0.5, 0.6) is 0 Å². The Hall–Kier alpha value is -2.51. The summed E-state index contributed by atoms with van der Waals surface area (Å²) in [4.78, 5) is 16.0. The quantitative estimate of drug-likeness (QED) is 0.735. The molecule has 0 spiro atoms. The number of piperidine rings is 1. The fourth-order valence-corrected chi connectivity index (χ4v) is 3.72. The first-order valence-corrected chi connectivity index (χ1v) is 9.40. The van der Waals surface area contributed by atoms with E-state index < -0.39 is 0 Å². The van der Waals surface area contributed by atoms with Gasteiger partial charge in [-0.15, -0.1) is 0 Å². The molecule has 2 unspecified atom stereocenters. The number of nitrogens with zero attached hydrogens (tertiary/aromatic N) is 4. The minimum atomic E-state index is 0.130. The largest absolute Gasteiger partial charge is 0.296 e. The lowest BCUT2D eigenvalue weighted by Crippen LogP contribution is -2.41. The van der Waals surface area contributed by atoms with Gasteiger partial charge in [0.25, 0.3) is 0 Å². The highest BCUT2D eigenvalue weighted by Gasteiger charge is 2.24. The van der Waals surface area contributed by atoms with Crippen molar-refractivity contribution in [2.24, 2.45) is 4.99 Å². The predicted molar refractivity (Wildman–Crippen MR) is 106 cm³/mol. The molecule has 1 saturated heterocycles. The fraction of sp³-hybridized carbons (Fsp3) is 0.409. The SMILES string of the molecule is CC1=NC(C#CC=C2CCN(C3C=Cc4nccnc4C3)CC2)CC=C1. The van der Waals surface area contributed by atoms with Gasteiger partial charge in [0, 0.05) is 43.7 Å². The van der Waals surface area contributed by atoms with Crippen LogP contribution in [0.4, 0.5) is 0 Å². The van der Waals surface area contributed by atoms with E-state index in [1.807, 2.05) is 6.92 Å². The molecule has 0 amide bonds. The lowest BCUT2D eigenvalue weighted by Gasteiger charge is -2.35. The third-order valence-electron chi connectivity index (χ3n) is 5.20. The van der Waals surface area contributed by atoms with Crippen LogP contribution in [0.3, 0.4) is 0 Å². The lowest BCUT2D eigenvalue weighted by atomic mass is 9.96. The topological polar surface area (TPSA) is 41.4 Å². The molecule has 4 nitrogen and oxygen atoms in total. The number of aromatic nitrogens is 2. The molecular weight excluding hydrogens is 320 g/mol. The summed E-state index contributed by atoms with van der Waals surface area (Å²) in [6.07, 6.45) is 18.4. The van der Waals surface area contributed by atoms with Gasteiger partial charge in [0.2, 0.25) is 0 Å². The van der Waals surface area contributed by atoms with E-state index in [0.717, 1.165) is 55.9 Å². The Kier molecular flexibility index (Phi) is 5.08. The Morgan fingerprint density at radius 3 is 2.85 bits per heavy atom. The maximum Gasteiger partial charge on any atom is 0.114 e. The normalized spacial score (nSPS) is 25.1. The first-order valence-electron chi connectivity index (χ1n) is 9.40. The van der Waals surface area contributed by atoms with Gasteiger partial charge in [-0.3, -0.25) is 19.9 Å². The van der Waals surface area contributed by atoms with Gasteiger partial charge < -0.3 is 0 Å². The molecule has 26 heavy (non-hydrogen) atoms. The highest BCUT2D eigenvalue weighted by Crippen LogP contribution is 2.23. The smallest absolute Gasteiger partial charge is 0.114 e. The second-order valence-electron chi connectivity index (χ2n) is 7.07. The van der Waals surface area contributed by atoms with E-state index >= 15 is 0 Å². The standard InChI is InChI=1S/C22H24N4/c1-17-4-2-6-19(25-17)7-3-5-18-10-14-26(15-11-18)20-8-9-21-22(16-20)24-13-12-23-21/h2,4-5,8-9,12-13,19-20H,6,10-11,14-16H2,1H3. The molecule has 3 heterocycles. The van der Waals surface area contributed by atoms with Gasteiger partial charge in [0.15, 0.2) is 0 Å². The summed E-state index contributed by atoms with van der Waals surface area (Å²) in [6.45, 7) is 4.20. The van der Waals surface area contributed by atoms with Crippen LogP contribution < -0.4 is 0 Å². The van der Waals surface area contributed by atoms with Gasteiger partial charge in [-0.2, -0.15) is 0 Å². The molecule has 2 aliphatic heterocycles.